The minimum absolute atomic E-state index is 0.0209. The number of nitrogens with two attached hydrogens (primary N) is 1. The fourth-order valence-corrected chi connectivity index (χ4v) is 1.58. The third kappa shape index (κ3) is 3.57. The number of hydrogen-bond donors (Lipinski definition) is 1. The molecule has 1 atom stereocenters. The van der Waals surface area contributed by atoms with E-state index in [1.54, 1.807) is 12.4 Å². The normalized spacial score (nSPS) is 12.1. The number of nitrogens with zero attached hydrogens (tertiary/aromatic N) is 1. The molecule has 1 unspecified atom stereocenters. The highest BCUT2D eigenvalue weighted by Gasteiger charge is 2.05. The standard InChI is InChI=1S/C14H16N2O/c15-14(12-5-4-9-16-11-12)8-10-17-13-6-2-1-3-7-13/h1-7,9,11,14H,8,10,15H2. The van der Waals surface area contributed by atoms with E-state index >= 15 is 0 Å². The van der Waals surface area contributed by atoms with Crippen molar-refractivity contribution in [2.45, 2.75) is 12.5 Å². The van der Waals surface area contributed by atoms with E-state index in [9.17, 15) is 0 Å². The molecule has 0 aliphatic heterocycles. The van der Waals surface area contributed by atoms with E-state index in [0.717, 1.165) is 17.7 Å². The molecule has 0 saturated heterocycles. The summed E-state index contributed by atoms with van der Waals surface area (Å²) >= 11 is 0. The first kappa shape index (κ1) is 11.6. The molecule has 0 aliphatic rings. The predicted octanol–water partition coefficient (Wildman–Crippen LogP) is 2.55. The summed E-state index contributed by atoms with van der Waals surface area (Å²) in [4.78, 5) is 4.05. The fourth-order valence-electron chi connectivity index (χ4n) is 1.58. The van der Waals surface area contributed by atoms with Gasteiger partial charge < -0.3 is 10.5 Å². The van der Waals surface area contributed by atoms with Gasteiger partial charge in [0.25, 0.3) is 0 Å². The zero-order chi connectivity index (χ0) is 11.9. The molecule has 2 rings (SSSR count). The average Bonchev–Trinajstić information content (AvgIpc) is 2.41. The van der Waals surface area contributed by atoms with Crippen LogP contribution in [-0.2, 0) is 0 Å². The lowest BCUT2D eigenvalue weighted by atomic mass is 10.1. The van der Waals surface area contributed by atoms with Crippen LogP contribution in [0.4, 0.5) is 0 Å². The molecule has 88 valence electrons. The summed E-state index contributed by atoms with van der Waals surface area (Å²) in [6, 6.07) is 13.6. The molecule has 1 aromatic heterocycles. The molecule has 1 aromatic carbocycles. The second-order valence-corrected chi connectivity index (χ2v) is 3.84. The van der Waals surface area contributed by atoms with Crippen molar-refractivity contribution < 1.29 is 4.74 Å². The van der Waals surface area contributed by atoms with Gasteiger partial charge in [-0.15, -0.1) is 0 Å². The van der Waals surface area contributed by atoms with Gasteiger partial charge in [0, 0.05) is 24.9 Å². The summed E-state index contributed by atoms with van der Waals surface area (Å²) < 4.78 is 5.60. The molecule has 0 radical (unpaired) electrons. The number of rotatable bonds is 5. The van der Waals surface area contributed by atoms with Gasteiger partial charge in [0.15, 0.2) is 0 Å². The Hall–Kier alpha value is -1.87. The van der Waals surface area contributed by atoms with Gasteiger partial charge in [-0.3, -0.25) is 4.98 Å². The lowest BCUT2D eigenvalue weighted by Crippen LogP contribution is -2.14. The molecule has 0 aliphatic carbocycles. The molecular weight excluding hydrogens is 212 g/mol. The van der Waals surface area contributed by atoms with Crippen LogP contribution in [-0.4, -0.2) is 11.6 Å². The summed E-state index contributed by atoms with van der Waals surface area (Å²) in [5.74, 6) is 0.880. The molecule has 0 saturated carbocycles. The zero-order valence-corrected chi connectivity index (χ0v) is 9.62. The van der Waals surface area contributed by atoms with Crippen LogP contribution in [0.25, 0.3) is 0 Å². The Morgan fingerprint density at radius 2 is 1.94 bits per heavy atom. The maximum absolute atomic E-state index is 6.04. The highest BCUT2D eigenvalue weighted by Crippen LogP contribution is 2.14. The van der Waals surface area contributed by atoms with E-state index in [2.05, 4.69) is 4.98 Å². The molecule has 3 heteroatoms. The quantitative estimate of drug-likeness (QED) is 0.855. The van der Waals surface area contributed by atoms with Gasteiger partial charge in [0.1, 0.15) is 5.75 Å². The number of hydrogen-bond acceptors (Lipinski definition) is 3. The van der Waals surface area contributed by atoms with Gasteiger partial charge in [0.05, 0.1) is 6.61 Å². The molecule has 17 heavy (non-hydrogen) atoms. The number of ether oxygens (including phenoxy) is 1. The largest absolute Gasteiger partial charge is 0.494 e. The van der Waals surface area contributed by atoms with Crippen molar-refractivity contribution in [2.75, 3.05) is 6.61 Å². The Balaban J connectivity index is 1.79. The summed E-state index contributed by atoms with van der Waals surface area (Å²) in [6.07, 6.45) is 4.32. The molecule has 0 amide bonds. The van der Waals surface area contributed by atoms with Crippen LogP contribution in [0.3, 0.4) is 0 Å². The van der Waals surface area contributed by atoms with Crippen LogP contribution in [0.15, 0.2) is 54.9 Å². The van der Waals surface area contributed by atoms with Crippen LogP contribution >= 0.6 is 0 Å². The summed E-state index contributed by atoms with van der Waals surface area (Å²) in [7, 11) is 0. The third-order valence-electron chi connectivity index (χ3n) is 2.55. The number of pyridine rings is 1. The Labute approximate surface area is 101 Å². The molecule has 0 spiro atoms. The first-order valence-corrected chi connectivity index (χ1v) is 5.69. The van der Waals surface area contributed by atoms with Crippen LogP contribution < -0.4 is 10.5 Å². The van der Waals surface area contributed by atoms with Gasteiger partial charge >= 0.3 is 0 Å². The maximum Gasteiger partial charge on any atom is 0.119 e. The molecule has 2 aromatic rings. The highest BCUT2D eigenvalue weighted by atomic mass is 16.5. The minimum atomic E-state index is -0.0209. The zero-order valence-electron chi connectivity index (χ0n) is 9.62. The third-order valence-corrected chi connectivity index (χ3v) is 2.55. The van der Waals surface area contributed by atoms with Gasteiger partial charge in [-0.2, -0.15) is 0 Å². The molecule has 2 N–H and O–H groups in total. The molecule has 0 fully saturated rings. The van der Waals surface area contributed by atoms with Crippen molar-refractivity contribution in [1.29, 1.82) is 0 Å². The van der Waals surface area contributed by atoms with Gasteiger partial charge in [-0.05, 0) is 23.8 Å². The number of para-hydroxylation sites is 1. The van der Waals surface area contributed by atoms with Crippen molar-refractivity contribution >= 4 is 0 Å². The Kier molecular flexibility index (Phi) is 4.11. The van der Waals surface area contributed by atoms with Crippen molar-refractivity contribution in [3.05, 3.63) is 60.4 Å². The van der Waals surface area contributed by atoms with Crippen LogP contribution in [0.2, 0.25) is 0 Å². The number of aromatic nitrogens is 1. The maximum atomic E-state index is 6.04. The van der Waals surface area contributed by atoms with E-state index in [4.69, 9.17) is 10.5 Å². The number of benzene rings is 1. The average molecular weight is 228 g/mol. The summed E-state index contributed by atoms with van der Waals surface area (Å²) in [5, 5.41) is 0. The SMILES string of the molecule is NC(CCOc1ccccc1)c1cccnc1. The van der Waals surface area contributed by atoms with Crippen LogP contribution in [0, 0.1) is 0 Å². The van der Waals surface area contributed by atoms with Gasteiger partial charge in [-0.25, -0.2) is 0 Å². The van der Waals surface area contributed by atoms with E-state index in [0.29, 0.717) is 6.61 Å². The summed E-state index contributed by atoms with van der Waals surface area (Å²) in [6.45, 7) is 0.611. The molecular formula is C14H16N2O. The second kappa shape index (κ2) is 6.01. The Bertz CT molecular complexity index is 430. The molecule has 1 heterocycles. The first-order chi connectivity index (χ1) is 8.36. The fraction of sp³-hybridized carbons (Fsp3) is 0.214. The van der Waals surface area contributed by atoms with Gasteiger partial charge in [0.2, 0.25) is 0 Å². The van der Waals surface area contributed by atoms with Crippen LogP contribution in [0.1, 0.15) is 18.0 Å². The topological polar surface area (TPSA) is 48.1 Å². The minimum Gasteiger partial charge on any atom is -0.494 e. The van der Waals surface area contributed by atoms with Gasteiger partial charge in [-0.1, -0.05) is 24.3 Å². The van der Waals surface area contributed by atoms with E-state index in [1.165, 1.54) is 0 Å². The van der Waals surface area contributed by atoms with Crippen molar-refractivity contribution in [1.82, 2.24) is 4.98 Å². The molecule has 3 nitrogen and oxygen atoms in total. The van der Waals surface area contributed by atoms with E-state index in [-0.39, 0.29) is 6.04 Å². The Morgan fingerprint density at radius 3 is 2.65 bits per heavy atom. The van der Waals surface area contributed by atoms with E-state index < -0.39 is 0 Å². The van der Waals surface area contributed by atoms with Crippen molar-refractivity contribution in [3.8, 4) is 5.75 Å². The van der Waals surface area contributed by atoms with E-state index in [1.807, 2.05) is 42.5 Å². The van der Waals surface area contributed by atoms with Crippen LogP contribution in [0.5, 0.6) is 5.75 Å². The Morgan fingerprint density at radius 1 is 1.12 bits per heavy atom. The lowest BCUT2D eigenvalue weighted by molar-refractivity contribution is 0.298. The van der Waals surface area contributed by atoms with Crippen molar-refractivity contribution in [3.63, 3.8) is 0 Å². The first-order valence-electron chi connectivity index (χ1n) is 5.69. The van der Waals surface area contributed by atoms with Crippen molar-refractivity contribution in [2.24, 2.45) is 5.73 Å². The monoisotopic (exact) mass is 228 g/mol. The lowest BCUT2D eigenvalue weighted by Gasteiger charge is -2.12. The smallest absolute Gasteiger partial charge is 0.119 e. The summed E-state index contributed by atoms with van der Waals surface area (Å²) in [5.41, 5.74) is 7.08. The predicted molar refractivity (Wildman–Crippen MR) is 67.7 cm³/mol. The highest BCUT2D eigenvalue weighted by molar-refractivity contribution is 5.21. The molecule has 0 bridgehead atoms. The second-order valence-electron chi connectivity index (χ2n) is 3.84.